The highest BCUT2D eigenvalue weighted by Gasteiger charge is 2.33. The van der Waals surface area contributed by atoms with E-state index >= 15 is 0 Å². The zero-order chi connectivity index (χ0) is 11.6. The third kappa shape index (κ3) is 2.98. The van der Waals surface area contributed by atoms with Crippen molar-refractivity contribution in [2.45, 2.75) is 18.6 Å². The van der Waals surface area contributed by atoms with E-state index in [1.54, 1.807) is 0 Å². The fraction of sp³-hybridized carbons (Fsp3) is 0.375. The number of halogens is 4. The molecule has 1 rings (SSSR count). The Balaban J connectivity index is 3.15. The van der Waals surface area contributed by atoms with Crippen LogP contribution in [0, 0.1) is 6.92 Å². The number of aromatic nitrogens is 1. The molecule has 1 aromatic rings. The van der Waals surface area contributed by atoms with Crippen LogP contribution in [0.15, 0.2) is 6.20 Å². The van der Waals surface area contributed by atoms with Crippen molar-refractivity contribution < 1.29 is 17.9 Å². The monoisotopic (exact) mass is 284 g/mol. The van der Waals surface area contributed by atoms with Gasteiger partial charge in [-0.15, -0.1) is 13.2 Å². The molecular formula is C8H8BrF3N2O. The molecule has 0 saturated carbocycles. The Hall–Kier alpha value is -0.980. The second-order valence-electron chi connectivity index (χ2n) is 2.81. The van der Waals surface area contributed by atoms with Crippen LogP contribution in [0.1, 0.15) is 11.3 Å². The molecule has 3 nitrogen and oxygen atoms in total. The first-order valence-corrected chi connectivity index (χ1v) is 5.03. The molecule has 0 aliphatic rings. The third-order valence-corrected chi connectivity index (χ3v) is 2.20. The van der Waals surface area contributed by atoms with Crippen LogP contribution in [0.3, 0.4) is 0 Å². The standard InChI is InChI=1S/C8H8BrF3N2O/c1-4-3-14-5(2-9)6(13)7(4)15-8(10,11)12/h3H,2,13H2,1H3. The molecule has 1 aromatic heterocycles. The molecular weight excluding hydrogens is 277 g/mol. The molecule has 15 heavy (non-hydrogen) atoms. The van der Waals surface area contributed by atoms with Gasteiger partial charge in [0, 0.05) is 17.1 Å². The summed E-state index contributed by atoms with van der Waals surface area (Å²) in [5, 5.41) is 0.271. The Bertz CT molecular complexity index is 368. The van der Waals surface area contributed by atoms with Gasteiger partial charge in [0.2, 0.25) is 0 Å². The van der Waals surface area contributed by atoms with Crippen molar-refractivity contribution in [1.29, 1.82) is 0 Å². The Labute approximate surface area is 92.6 Å². The van der Waals surface area contributed by atoms with Gasteiger partial charge in [-0.05, 0) is 6.92 Å². The molecule has 7 heteroatoms. The molecule has 0 aliphatic heterocycles. The van der Waals surface area contributed by atoms with Gasteiger partial charge in [-0.2, -0.15) is 0 Å². The zero-order valence-electron chi connectivity index (χ0n) is 7.73. The summed E-state index contributed by atoms with van der Waals surface area (Å²) in [7, 11) is 0. The van der Waals surface area contributed by atoms with Gasteiger partial charge in [-0.3, -0.25) is 4.98 Å². The van der Waals surface area contributed by atoms with E-state index in [4.69, 9.17) is 5.73 Å². The van der Waals surface area contributed by atoms with Crippen molar-refractivity contribution in [3.8, 4) is 5.75 Å². The van der Waals surface area contributed by atoms with E-state index in [0.717, 1.165) is 0 Å². The molecule has 84 valence electrons. The van der Waals surface area contributed by atoms with Gasteiger partial charge in [0.05, 0.1) is 11.4 Å². The average Bonchev–Trinajstić information content (AvgIpc) is 2.11. The lowest BCUT2D eigenvalue weighted by molar-refractivity contribution is -0.274. The Morgan fingerprint density at radius 2 is 2.13 bits per heavy atom. The number of anilines is 1. The molecule has 0 amide bonds. The number of nitrogens with two attached hydrogens (primary N) is 1. The van der Waals surface area contributed by atoms with E-state index < -0.39 is 6.36 Å². The maximum absolute atomic E-state index is 12.0. The first-order valence-electron chi connectivity index (χ1n) is 3.91. The van der Waals surface area contributed by atoms with Crippen LogP contribution in [0.2, 0.25) is 0 Å². The Morgan fingerprint density at radius 1 is 1.53 bits per heavy atom. The van der Waals surface area contributed by atoms with Gasteiger partial charge < -0.3 is 10.5 Å². The summed E-state index contributed by atoms with van der Waals surface area (Å²) in [4.78, 5) is 3.87. The number of ether oxygens (including phenoxy) is 1. The molecule has 0 radical (unpaired) electrons. The minimum Gasteiger partial charge on any atom is -0.403 e. The lowest BCUT2D eigenvalue weighted by Crippen LogP contribution is -2.19. The van der Waals surface area contributed by atoms with Crippen LogP contribution >= 0.6 is 15.9 Å². The summed E-state index contributed by atoms with van der Waals surface area (Å²) in [6.07, 6.45) is -3.46. The number of aryl methyl sites for hydroxylation is 1. The number of nitrogen functional groups attached to an aromatic ring is 1. The van der Waals surface area contributed by atoms with E-state index in [-0.39, 0.29) is 22.3 Å². The Morgan fingerprint density at radius 3 is 2.60 bits per heavy atom. The van der Waals surface area contributed by atoms with Crippen molar-refractivity contribution in [3.63, 3.8) is 0 Å². The van der Waals surface area contributed by atoms with Crippen LogP contribution in [0.25, 0.3) is 0 Å². The van der Waals surface area contributed by atoms with Gasteiger partial charge in [-0.1, -0.05) is 15.9 Å². The molecule has 0 bridgehead atoms. The van der Waals surface area contributed by atoms with Crippen LogP contribution in [0.5, 0.6) is 5.75 Å². The largest absolute Gasteiger partial charge is 0.573 e. The molecule has 0 aliphatic carbocycles. The number of pyridine rings is 1. The van der Waals surface area contributed by atoms with E-state index in [1.165, 1.54) is 13.1 Å². The average molecular weight is 285 g/mol. The first-order chi connectivity index (χ1) is 6.85. The minimum atomic E-state index is -4.75. The second kappa shape index (κ2) is 4.26. The predicted octanol–water partition coefficient (Wildman–Crippen LogP) is 2.77. The van der Waals surface area contributed by atoms with E-state index in [2.05, 4.69) is 25.7 Å². The maximum atomic E-state index is 12.0. The number of alkyl halides is 4. The van der Waals surface area contributed by atoms with Gasteiger partial charge >= 0.3 is 6.36 Å². The fourth-order valence-electron chi connectivity index (χ4n) is 1.00. The molecule has 0 aromatic carbocycles. The fourth-order valence-corrected chi connectivity index (χ4v) is 1.45. The smallest absolute Gasteiger partial charge is 0.403 e. The summed E-state index contributed by atoms with van der Waals surface area (Å²) in [6.45, 7) is 1.45. The van der Waals surface area contributed by atoms with Crippen LogP contribution in [0.4, 0.5) is 18.9 Å². The summed E-state index contributed by atoms with van der Waals surface area (Å²) in [5.74, 6) is -0.382. The summed E-state index contributed by atoms with van der Waals surface area (Å²) < 4.78 is 39.9. The third-order valence-electron chi connectivity index (χ3n) is 1.67. The molecule has 0 atom stereocenters. The normalized spacial score (nSPS) is 11.5. The molecule has 0 fully saturated rings. The predicted molar refractivity (Wildman–Crippen MR) is 52.7 cm³/mol. The number of hydrogen-bond acceptors (Lipinski definition) is 3. The van der Waals surface area contributed by atoms with Crippen molar-refractivity contribution in [2.75, 3.05) is 5.73 Å². The van der Waals surface area contributed by atoms with Crippen LogP contribution < -0.4 is 10.5 Å². The molecule has 2 N–H and O–H groups in total. The SMILES string of the molecule is Cc1cnc(CBr)c(N)c1OC(F)(F)F. The van der Waals surface area contributed by atoms with E-state index in [0.29, 0.717) is 5.69 Å². The summed E-state index contributed by atoms with van der Waals surface area (Å²) in [5.41, 5.74) is 5.96. The van der Waals surface area contributed by atoms with Gasteiger partial charge in [0.25, 0.3) is 0 Å². The molecule has 0 spiro atoms. The van der Waals surface area contributed by atoms with E-state index in [9.17, 15) is 13.2 Å². The highest BCUT2D eigenvalue weighted by atomic mass is 79.9. The molecule has 0 saturated heterocycles. The number of rotatable bonds is 2. The first kappa shape index (κ1) is 12.1. The van der Waals surface area contributed by atoms with Crippen molar-refractivity contribution >= 4 is 21.6 Å². The topological polar surface area (TPSA) is 48.1 Å². The summed E-state index contributed by atoms with van der Waals surface area (Å²) >= 11 is 3.07. The maximum Gasteiger partial charge on any atom is 0.573 e. The highest BCUT2D eigenvalue weighted by Crippen LogP contribution is 2.33. The minimum absolute atomic E-state index is 0.0933. The Kier molecular flexibility index (Phi) is 3.43. The molecule has 0 unspecified atom stereocenters. The van der Waals surface area contributed by atoms with Crippen LogP contribution in [-0.2, 0) is 5.33 Å². The zero-order valence-corrected chi connectivity index (χ0v) is 9.32. The van der Waals surface area contributed by atoms with E-state index in [1.807, 2.05) is 0 Å². The van der Waals surface area contributed by atoms with Gasteiger partial charge in [0.1, 0.15) is 0 Å². The lowest BCUT2D eigenvalue weighted by Gasteiger charge is -2.14. The van der Waals surface area contributed by atoms with Gasteiger partial charge in [-0.25, -0.2) is 0 Å². The van der Waals surface area contributed by atoms with Gasteiger partial charge in [0.15, 0.2) is 5.75 Å². The number of hydrogen-bond donors (Lipinski definition) is 1. The lowest BCUT2D eigenvalue weighted by atomic mass is 10.2. The molecule has 1 heterocycles. The summed E-state index contributed by atoms with van der Waals surface area (Å²) in [6, 6.07) is 0. The van der Waals surface area contributed by atoms with Crippen molar-refractivity contribution in [2.24, 2.45) is 0 Å². The van der Waals surface area contributed by atoms with Crippen LogP contribution in [-0.4, -0.2) is 11.3 Å². The number of nitrogens with zero attached hydrogens (tertiary/aromatic N) is 1. The quantitative estimate of drug-likeness (QED) is 0.850. The van der Waals surface area contributed by atoms with Crippen molar-refractivity contribution in [3.05, 3.63) is 17.5 Å². The van der Waals surface area contributed by atoms with Crippen molar-refractivity contribution in [1.82, 2.24) is 4.98 Å². The second-order valence-corrected chi connectivity index (χ2v) is 3.37. The highest BCUT2D eigenvalue weighted by molar-refractivity contribution is 9.08.